The molecule has 4 heteroatoms. The molecule has 2 N–H and O–H groups in total. The third-order valence-corrected chi connectivity index (χ3v) is 3.68. The van der Waals surface area contributed by atoms with E-state index in [1.807, 2.05) is 20.8 Å². The topological polar surface area (TPSA) is 58.6 Å². The zero-order valence-corrected chi connectivity index (χ0v) is 15.6. The molecule has 0 aliphatic carbocycles. The highest BCUT2D eigenvalue weighted by Gasteiger charge is 2.20. The maximum absolute atomic E-state index is 11.9. The van der Waals surface area contributed by atoms with Crippen molar-refractivity contribution in [1.82, 2.24) is 5.32 Å². The number of ether oxygens (including phenoxy) is 1. The molecule has 0 radical (unpaired) electrons. The summed E-state index contributed by atoms with van der Waals surface area (Å²) in [5, 5.41) is 12.6. The smallest absolute Gasteiger partial charge is 0.407 e. The molecule has 1 amide bonds. The molecule has 2 atom stereocenters. The summed E-state index contributed by atoms with van der Waals surface area (Å²) in [6.07, 6.45) is 10.5. The molecule has 0 aromatic heterocycles. The summed E-state index contributed by atoms with van der Waals surface area (Å²) in [4.78, 5) is 11.9. The Kier molecular flexibility index (Phi) is 11.8. The Morgan fingerprint density at radius 2 is 1.74 bits per heavy atom. The first-order valence-electron chi connectivity index (χ1n) is 9.08. The van der Waals surface area contributed by atoms with E-state index in [1.54, 1.807) is 0 Å². The second-order valence-electron chi connectivity index (χ2n) is 7.29. The molecule has 0 unspecified atom stereocenters. The van der Waals surface area contributed by atoms with Crippen molar-refractivity contribution < 1.29 is 14.6 Å². The molecule has 0 heterocycles. The Labute approximate surface area is 142 Å². The third-order valence-electron chi connectivity index (χ3n) is 3.68. The number of carbonyl (C=O) groups excluding carboxylic acids is 1. The number of amides is 1. The molecule has 0 saturated heterocycles. The number of carbonyl (C=O) groups is 1. The predicted molar refractivity (Wildman–Crippen MR) is 96.6 cm³/mol. The molecule has 0 aromatic rings. The van der Waals surface area contributed by atoms with Gasteiger partial charge in [-0.3, -0.25) is 0 Å². The largest absolute Gasteiger partial charge is 0.444 e. The van der Waals surface area contributed by atoms with E-state index in [2.05, 4.69) is 18.8 Å². The van der Waals surface area contributed by atoms with Crippen LogP contribution in [0.5, 0.6) is 0 Å². The normalized spacial score (nSPS) is 14.1. The van der Waals surface area contributed by atoms with Crippen LogP contribution in [-0.4, -0.2) is 28.9 Å². The lowest BCUT2D eigenvalue weighted by Crippen LogP contribution is -2.40. The summed E-state index contributed by atoms with van der Waals surface area (Å²) >= 11 is 0. The number of aliphatic hydroxyl groups excluding tert-OH is 1. The van der Waals surface area contributed by atoms with E-state index in [4.69, 9.17) is 4.74 Å². The number of alkyl carbamates (subject to hydrolysis) is 1. The summed E-state index contributed by atoms with van der Waals surface area (Å²) in [6.45, 7) is 11.3. The van der Waals surface area contributed by atoms with Gasteiger partial charge in [-0.2, -0.15) is 0 Å². The van der Waals surface area contributed by atoms with Gasteiger partial charge < -0.3 is 15.2 Å². The van der Waals surface area contributed by atoms with Crippen molar-refractivity contribution in [3.05, 3.63) is 12.7 Å². The van der Waals surface area contributed by atoms with E-state index in [-0.39, 0.29) is 6.04 Å². The first kappa shape index (κ1) is 22.0. The van der Waals surface area contributed by atoms with Crippen molar-refractivity contribution in [3.8, 4) is 0 Å². The van der Waals surface area contributed by atoms with Crippen LogP contribution in [0.25, 0.3) is 0 Å². The van der Waals surface area contributed by atoms with Gasteiger partial charge in [-0.25, -0.2) is 4.79 Å². The van der Waals surface area contributed by atoms with Crippen LogP contribution in [-0.2, 0) is 4.74 Å². The lowest BCUT2D eigenvalue weighted by Gasteiger charge is -2.24. The highest BCUT2D eigenvalue weighted by atomic mass is 16.6. The van der Waals surface area contributed by atoms with Crippen LogP contribution in [0.2, 0.25) is 0 Å². The fourth-order valence-electron chi connectivity index (χ4n) is 2.46. The van der Waals surface area contributed by atoms with Crippen LogP contribution in [0.15, 0.2) is 12.7 Å². The summed E-state index contributed by atoms with van der Waals surface area (Å²) in [7, 11) is 0. The number of unbranched alkanes of at least 4 members (excludes halogenated alkanes) is 6. The second-order valence-corrected chi connectivity index (χ2v) is 7.29. The highest BCUT2D eigenvalue weighted by molar-refractivity contribution is 5.68. The molecule has 0 rings (SSSR count). The third kappa shape index (κ3) is 14.3. The van der Waals surface area contributed by atoms with Crippen LogP contribution in [0.3, 0.4) is 0 Å². The summed E-state index contributed by atoms with van der Waals surface area (Å²) in [5.41, 5.74) is -0.509. The average molecular weight is 328 g/mol. The summed E-state index contributed by atoms with van der Waals surface area (Å²) in [5.74, 6) is 0. The Hall–Kier alpha value is -1.03. The first-order valence-corrected chi connectivity index (χ1v) is 9.08. The van der Waals surface area contributed by atoms with Crippen molar-refractivity contribution in [2.45, 2.75) is 103 Å². The van der Waals surface area contributed by atoms with Gasteiger partial charge in [0, 0.05) is 6.04 Å². The molecule has 4 nitrogen and oxygen atoms in total. The number of rotatable bonds is 12. The van der Waals surface area contributed by atoms with Gasteiger partial charge in [0.05, 0.1) is 6.10 Å². The fraction of sp³-hybridized carbons (Fsp3) is 0.842. The molecule has 23 heavy (non-hydrogen) atoms. The van der Waals surface area contributed by atoms with E-state index in [1.165, 1.54) is 44.6 Å². The van der Waals surface area contributed by atoms with Gasteiger partial charge in [0.15, 0.2) is 0 Å². The summed E-state index contributed by atoms with van der Waals surface area (Å²) < 4.78 is 5.30. The van der Waals surface area contributed by atoms with Gasteiger partial charge in [0.25, 0.3) is 0 Å². The van der Waals surface area contributed by atoms with Gasteiger partial charge in [-0.15, -0.1) is 6.58 Å². The molecule has 0 spiro atoms. The quantitative estimate of drug-likeness (QED) is 0.393. The number of hydrogen-bond donors (Lipinski definition) is 2. The Balaban J connectivity index is 4.14. The minimum Gasteiger partial charge on any atom is -0.444 e. The van der Waals surface area contributed by atoms with Crippen LogP contribution in [0.1, 0.15) is 85.5 Å². The van der Waals surface area contributed by atoms with Crippen molar-refractivity contribution in [2.24, 2.45) is 0 Å². The Bertz CT molecular complexity index is 323. The fourth-order valence-corrected chi connectivity index (χ4v) is 2.46. The molecule has 0 aliphatic rings. The van der Waals surface area contributed by atoms with E-state index >= 15 is 0 Å². The molecular weight excluding hydrogens is 290 g/mol. The van der Waals surface area contributed by atoms with Crippen LogP contribution >= 0.6 is 0 Å². The highest BCUT2D eigenvalue weighted by Crippen LogP contribution is 2.14. The molecule has 0 bridgehead atoms. The Morgan fingerprint density at radius 3 is 2.26 bits per heavy atom. The summed E-state index contributed by atoms with van der Waals surface area (Å²) in [6, 6.07) is -0.0755. The predicted octanol–water partition coefficient (Wildman–Crippen LogP) is 4.96. The lowest BCUT2D eigenvalue weighted by molar-refractivity contribution is 0.0487. The van der Waals surface area contributed by atoms with Crippen molar-refractivity contribution >= 4 is 6.09 Å². The zero-order valence-electron chi connectivity index (χ0n) is 15.6. The van der Waals surface area contributed by atoms with Gasteiger partial charge in [0.1, 0.15) is 5.60 Å². The number of hydrogen-bond acceptors (Lipinski definition) is 3. The molecule has 0 aliphatic heterocycles. The lowest BCUT2D eigenvalue weighted by atomic mass is 10.0. The minimum absolute atomic E-state index is 0.0755. The molecule has 0 saturated carbocycles. The zero-order chi connectivity index (χ0) is 17.7. The average Bonchev–Trinajstić information content (AvgIpc) is 2.43. The molecule has 0 fully saturated rings. The maximum Gasteiger partial charge on any atom is 0.407 e. The standard InChI is InChI=1S/C19H37NO3/c1-6-8-9-10-11-12-13-14-16(15-17(21)7-2)20-18(22)23-19(3,4)5/h7,16-17,21H,2,6,8-15H2,1,3-5H3,(H,20,22)/t16-,17-/m1/s1. The van der Waals surface area contributed by atoms with Crippen molar-refractivity contribution in [2.75, 3.05) is 0 Å². The minimum atomic E-state index is -0.598. The van der Waals surface area contributed by atoms with Crippen LogP contribution < -0.4 is 5.32 Å². The first-order chi connectivity index (χ1) is 10.8. The SMILES string of the molecule is C=C[C@@H](O)C[C@@H](CCCCCCCCC)NC(=O)OC(C)(C)C. The van der Waals surface area contributed by atoms with Crippen LogP contribution in [0, 0.1) is 0 Å². The molecular formula is C19H37NO3. The van der Waals surface area contributed by atoms with Crippen molar-refractivity contribution in [3.63, 3.8) is 0 Å². The van der Waals surface area contributed by atoms with Gasteiger partial charge in [-0.1, -0.05) is 57.9 Å². The monoisotopic (exact) mass is 327 g/mol. The van der Waals surface area contributed by atoms with E-state index in [9.17, 15) is 9.90 Å². The molecule has 136 valence electrons. The molecule has 0 aromatic carbocycles. The van der Waals surface area contributed by atoms with Crippen molar-refractivity contribution in [1.29, 1.82) is 0 Å². The van der Waals surface area contributed by atoms with E-state index in [0.717, 1.165) is 12.8 Å². The number of aliphatic hydroxyl groups is 1. The second kappa shape index (κ2) is 12.4. The van der Waals surface area contributed by atoms with Crippen LogP contribution in [0.4, 0.5) is 4.79 Å². The maximum atomic E-state index is 11.9. The Morgan fingerprint density at radius 1 is 1.17 bits per heavy atom. The number of nitrogens with one attached hydrogen (secondary N) is 1. The van der Waals surface area contributed by atoms with Gasteiger partial charge in [-0.05, 0) is 33.6 Å². The van der Waals surface area contributed by atoms with Gasteiger partial charge >= 0.3 is 6.09 Å². The van der Waals surface area contributed by atoms with E-state index in [0.29, 0.717) is 6.42 Å². The van der Waals surface area contributed by atoms with E-state index < -0.39 is 17.8 Å². The van der Waals surface area contributed by atoms with Gasteiger partial charge in [0.2, 0.25) is 0 Å².